The first kappa shape index (κ1) is 11.0. The summed E-state index contributed by atoms with van der Waals surface area (Å²) in [4.78, 5) is 17.9. The van der Waals surface area contributed by atoms with Crippen LogP contribution in [0.3, 0.4) is 0 Å². The number of rotatable bonds is 2. The lowest BCUT2D eigenvalue weighted by Crippen LogP contribution is -2.37. The molecule has 5 nitrogen and oxygen atoms in total. The van der Waals surface area contributed by atoms with Crippen LogP contribution in [0.25, 0.3) is 11.2 Å². The molecule has 5 heteroatoms. The quantitative estimate of drug-likeness (QED) is 0.833. The first-order valence-electron chi connectivity index (χ1n) is 5.32. The molecule has 0 aliphatic carbocycles. The maximum Gasteiger partial charge on any atom is 0.180 e. The van der Waals surface area contributed by atoms with Gasteiger partial charge in [0.15, 0.2) is 5.65 Å². The average Bonchev–Trinajstić information content (AvgIpc) is 2.65. The summed E-state index contributed by atoms with van der Waals surface area (Å²) < 4.78 is 0. The van der Waals surface area contributed by atoms with Gasteiger partial charge in [0.05, 0.1) is 12.0 Å². The van der Waals surface area contributed by atoms with Crippen LogP contribution in [-0.2, 0) is 6.54 Å². The summed E-state index contributed by atoms with van der Waals surface area (Å²) in [5.74, 6) is 0. The molecule has 0 spiro atoms. The molecule has 86 valence electrons. The summed E-state index contributed by atoms with van der Waals surface area (Å²) in [6, 6.07) is 0. The maximum absolute atomic E-state index is 4.31. The Bertz CT molecular complexity index is 482. The Morgan fingerprint density at radius 3 is 2.69 bits per heavy atom. The normalized spacial score (nSPS) is 12.6. The minimum Gasteiger partial charge on any atom is -0.342 e. The van der Waals surface area contributed by atoms with Gasteiger partial charge in [0, 0.05) is 12.1 Å². The van der Waals surface area contributed by atoms with E-state index in [1.54, 1.807) is 12.7 Å². The van der Waals surface area contributed by atoms with E-state index in [1.807, 2.05) is 0 Å². The van der Waals surface area contributed by atoms with Gasteiger partial charge in [-0.05, 0) is 27.8 Å². The van der Waals surface area contributed by atoms with Gasteiger partial charge in [-0.15, -0.1) is 0 Å². The van der Waals surface area contributed by atoms with Gasteiger partial charge < -0.3 is 4.98 Å². The van der Waals surface area contributed by atoms with Crippen LogP contribution in [0.4, 0.5) is 0 Å². The van der Waals surface area contributed by atoms with Crippen LogP contribution in [0, 0.1) is 0 Å². The molecular formula is C11H17N5. The lowest BCUT2D eigenvalue weighted by Gasteiger charge is -2.31. The lowest BCUT2D eigenvalue weighted by atomic mass is 10.1. The number of fused-ring (bicyclic) bond motifs is 1. The number of H-pyrrole nitrogens is 1. The fraction of sp³-hybridized carbons (Fsp3) is 0.545. The van der Waals surface area contributed by atoms with Crippen LogP contribution in [0.2, 0.25) is 0 Å². The van der Waals surface area contributed by atoms with Crippen molar-refractivity contribution in [1.82, 2.24) is 24.8 Å². The number of aromatic nitrogens is 4. The van der Waals surface area contributed by atoms with Gasteiger partial charge in [-0.2, -0.15) is 0 Å². The first-order valence-corrected chi connectivity index (χ1v) is 5.32. The monoisotopic (exact) mass is 219 g/mol. The Labute approximate surface area is 94.9 Å². The Hall–Kier alpha value is -1.49. The van der Waals surface area contributed by atoms with E-state index in [4.69, 9.17) is 0 Å². The molecule has 0 aliphatic heterocycles. The topological polar surface area (TPSA) is 57.7 Å². The number of hydrogen-bond acceptors (Lipinski definition) is 4. The predicted octanol–water partition coefficient (Wildman–Crippen LogP) is 1.58. The zero-order valence-electron chi connectivity index (χ0n) is 10.2. The highest BCUT2D eigenvalue weighted by Gasteiger charge is 2.18. The highest BCUT2D eigenvalue weighted by molar-refractivity contribution is 5.71. The number of hydrogen-bond donors (Lipinski definition) is 1. The molecule has 2 heterocycles. The van der Waals surface area contributed by atoms with Crippen molar-refractivity contribution in [2.45, 2.75) is 32.9 Å². The van der Waals surface area contributed by atoms with Crippen molar-refractivity contribution in [3.8, 4) is 0 Å². The molecule has 2 rings (SSSR count). The van der Waals surface area contributed by atoms with Gasteiger partial charge >= 0.3 is 0 Å². The third-order valence-electron chi connectivity index (χ3n) is 2.83. The van der Waals surface area contributed by atoms with Crippen LogP contribution in [0.5, 0.6) is 0 Å². The van der Waals surface area contributed by atoms with E-state index in [2.05, 4.69) is 52.7 Å². The molecule has 0 saturated heterocycles. The average molecular weight is 219 g/mol. The molecule has 0 atom stereocenters. The van der Waals surface area contributed by atoms with E-state index in [1.165, 1.54) is 0 Å². The summed E-state index contributed by atoms with van der Waals surface area (Å²) in [6.07, 6.45) is 3.22. The summed E-state index contributed by atoms with van der Waals surface area (Å²) in [5.41, 5.74) is 2.77. The van der Waals surface area contributed by atoms with Crippen LogP contribution in [-0.4, -0.2) is 37.4 Å². The standard InChI is InChI=1S/C11H17N5/c1-11(2,3)16(4)5-8-9-10(14-6-12-8)15-7-13-9/h6-7H,5H2,1-4H3,(H,12,13,14,15). The van der Waals surface area contributed by atoms with Gasteiger partial charge in [0.25, 0.3) is 0 Å². The fourth-order valence-corrected chi connectivity index (χ4v) is 1.40. The van der Waals surface area contributed by atoms with Crippen molar-refractivity contribution in [3.63, 3.8) is 0 Å². The highest BCUT2D eigenvalue weighted by Crippen LogP contribution is 2.16. The maximum atomic E-state index is 4.31. The zero-order valence-corrected chi connectivity index (χ0v) is 10.2. The van der Waals surface area contributed by atoms with Gasteiger partial charge in [0.1, 0.15) is 11.8 Å². The van der Waals surface area contributed by atoms with E-state index >= 15 is 0 Å². The molecule has 16 heavy (non-hydrogen) atoms. The third kappa shape index (κ3) is 2.04. The Balaban J connectivity index is 2.31. The highest BCUT2D eigenvalue weighted by atomic mass is 15.2. The zero-order chi connectivity index (χ0) is 11.8. The summed E-state index contributed by atoms with van der Waals surface area (Å²) in [7, 11) is 2.09. The predicted molar refractivity (Wildman–Crippen MR) is 62.9 cm³/mol. The van der Waals surface area contributed by atoms with Gasteiger partial charge in [0.2, 0.25) is 0 Å². The van der Waals surface area contributed by atoms with E-state index < -0.39 is 0 Å². The molecule has 0 bridgehead atoms. The molecule has 0 radical (unpaired) electrons. The second-order valence-electron chi connectivity index (χ2n) is 4.95. The van der Waals surface area contributed by atoms with E-state index in [0.29, 0.717) is 0 Å². The van der Waals surface area contributed by atoms with Crippen molar-refractivity contribution in [2.24, 2.45) is 0 Å². The van der Waals surface area contributed by atoms with Crippen molar-refractivity contribution < 1.29 is 0 Å². The largest absolute Gasteiger partial charge is 0.342 e. The van der Waals surface area contributed by atoms with Gasteiger partial charge in [-0.1, -0.05) is 0 Å². The van der Waals surface area contributed by atoms with Gasteiger partial charge in [-0.25, -0.2) is 15.0 Å². The summed E-state index contributed by atoms with van der Waals surface area (Å²) >= 11 is 0. The molecule has 2 aromatic heterocycles. The SMILES string of the molecule is CN(Cc1ncnc2nc[nH]c12)C(C)(C)C. The Morgan fingerprint density at radius 1 is 1.25 bits per heavy atom. The number of nitrogens with one attached hydrogen (secondary N) is 1. The van der Waals surface area contributed by atoms with E-state index in [0.717, 1.165) is 23.4 Å². The smallest absolute Gasteiger partial charge is 0.180 e. The molecule has 0 unspecified atom stereocenters. The fourth-order valence-electron chi connectivity index (χ4n) is 1.40. The second-order valence-corrected chi connectivity index (χ2v) is 4.95. The molecule has 0 fully saturated rings. The van der Waals surface area contributed by atoms with E-state index in [9.17, 15) is 0 Å². The van der Waals surface area contributed by atoms with Crippen molar-refractivity contribution in [1.29, 1.82) is 0 Å². The minimum atomic E-state index is 0.122. The molecule has 0 aromatic carbocycles. The Morgan fingerprint density at radius 2 is 2.00 bits per heavy atom. The van der Waals surface area contributed by atoms with Crippen LogP contribution >= 0.6 is 0 Å². The van der Waals surface area contributed by atoms with Crippen LogP contribution in [0.1, 0.15) is 26.5 Å². The first-order chi connectivity index (χ1) is 7.48. The summed E-state index contributed by atoms with van der Waals surface area (Å²) in [5, 5.41) is 0. The third-order valence-corrected chi connectivity index (χ3v) is 2.83. The van der Waals surface area contributed by atoms with Crippen molar-refractivity contribution in [3.05, 3.63) is 18.3 Å². The van der Waals surface area contributed by atoms with Crippen molar-refractivity contribution in [2.75, 3.05) is 7.05 Å². The van der Waals surface area contributed by atoms with Crippen LogP contribution in [0.15, 0.2) is 12.7 Å². The molecule has 0 aliphatic rings. The lowest BCUT2D eigenvalue weighted by molar-refractivity contribution is 0.166. The number of aromatic amines is 1. The Kier molecular flexibility index (Phi) is 2.63. The molecule has 1 N–H and O–H groups in total. The molecule has 2 aromatic rings. The van der Waals surface area contributed by atoms with Crippen molar-refractivity contribution >= 4 is 11.2 Å². The number of nitrogens with zero attached hydrogens (tertiary/aromatic N) is 4. The molecule has 0 amide bonds. The molecule has 0 saturated carbocycles. The summed E-state index contributed by atoms with van der Waals surface area (Å²) in [6.45, 7) is 7.32. The minimum absolute atomic E-state index is 0.122. The molecular weight excluding hydrogens is 202 g/mol. The number of imidazole rings is 1. The van der Waals surface area contributed by atoms with Crippen LogP contribution < -0.4 is 0 Å². The van der Waals surface area contributed by atoms with Gasteiger partial charge in [-0.3, -0.25) is 4.90 Å². The van der Waals surface area contributed by atoms with E-state index in [-0.39, 0.29) is 5.54 Å². The second kappa shape index (κ2) is 3.83.